The second kappa shape index (κ2) is 9.97. The van der Waals surface area contributed by atoms with Crippen LogP contribution in [0.25, 0.3) is 0 Å². The van der Waals surface area contributed by atoms with Gasteiger partial charge >= 0.3 is 7.25 Å². The first-order valence-corrected chi connectivity index (χ1v) is 6.26. The van der Waals surface area contributed by atoms with Crippen LogP contribution in [0.15, 0.2) is 18.7 Å². The Morgan fingerprint density at radius 3 is 2.06 bits per heavy atom. The van der Waals surface area contributed by atoms with E-state index in [9.17, 15) is 17.3 Å². The molecule has 7 heteroatoms. The highest BCUT2D eigenvalue weighted by atomic mass is 19.5. The highest BCUT2D eigenvalue weighted by Crippen LogP contribution is 2.07. The SMILES string of the molecule is CCCCCCCCn1ccnc1.F[B-](F)(F)F. The maximum Gasteiger partial charge on any atom is 0.673 e. The summed E-state index contributed by atoms with van der Waals surface area (Å²) >= 11 is 0. The zero-order valence-corrected chi connectivity index (χ0v) is 10.7. The molecule has 0 N–H and O–H groups in total. The van der Waals surface area contributed by atoms with E-state index in [1.165, 1.54) is 38.5 Å². The summed E-state index contributed by atoms with van der Waals surface area (Å²) in [5, 5.41) is 0. The molecule has 1 aromatic rings. The molecule has 1 aromatic heterocycles. The molecule has 0 radical (unpaired) electrons. The number of rotatable bonds is 7. The lowest BCUT2D eigenvalue weighted by Crippen LogP contribution is -2.02. The first kappa shape index (κ1) is 17.0. The number of aryl methyl sites for hydroxylation is 1. The third kappa shape index (κ3) is 15.0. The van der Waals surface area contributed by atoms with Crippen LogP contribution in [-0.2, 0) is 6.54 Å². The molecule has 0 aromatic carbocycles. The lowest BCUT2D eigenvalue weighted by molar-refractivity contribution is 0.368. The number of hydrogen-bond acceptors (Lipinski definition) is 1. The van der Waals surface area contributed by atoms with Gasteiger partial charge in [-0.2, -0.15) is 0 Å². The number of aromatic nitrogens is 2. The molecule has 0 aliphatic carbocycles. The van der Waals surface area contributed by atoms with E-state index >= 15 is 0 Å². The number of nitrogens with zero attached hydrogens (tertiary/aromatic N) is 2. The van der Waals surface area contributed by atoms with Crippen molar-refractivity contribution in [3.63, 3.8) is 0 Å². The quantitative estimate of drug-likeness (QED) is 0.402. The minimum Gasteiger partial charge on any atom is -0.418 e. The van der Waals surface area contributed by atoms with Crippen molar-refractivity contribution in [3.8, 4) is 0 Å². The van der Waals surface area contributed by atoms with E-state index in [2.05, 4.69) is 16.5 Å². The summed E-state index contributed by atoms with van der Waals surface area (Å²) in [5.74, 6) is 0. The third-order valence-electron chi connectivity index (χ3n) is 2.33. The summed E-state index contributed by atoms with van der Waals surface area (Å²) < 4.78 is 41.2. The van der Waals surface area contributed by atoms with E-state index in [4.69, 9.17) is 0 Å². The lowest BCUT2D eigenvalue weighted by Gasteiger charge is -2.01. The van der Waals surface area contributed by atoms with E-state index in [0.717, 1.165) is 6.54 Å². The molecule has 0 spiro atoms. The molecular formula is C11H20BF4N2-. The summed E-state index contributed by atoms with van der Waals surface area (Å²) in [4.78, 5) is 4.01. The monoisotopic (exact) mass is 267 g/mol. The highest BCUT2D eigenvalue weighted by molar-refractivity contribution is 6.50. The van der Waals surface area contributed by atoms with Crippen molar-refractivity contribution in [3.05, 3.63) is 18.7 Å². The van der Waals surface area contributed by atoms with Gasteiger partial charge in [0.15, 0.2) is 0 Å². The molecule has 0 amide bonds. The van der Waals surface area contributed by atoms with Crippen LogP contribution in [0.3, 0.4) is 0 Å². The van der Waals surface area contributed by atoms with Gasteiger partial charge < -0.3 is 21.8 Å². The van der Waals surface area contributed by atoms with Gasteiger partial charge in [0.2, 0.25) is 0 Å². The molecule has 0 saturated heterocycles. The van der Waals surface area contributed by atoms with Gasteiger partial charge in [-0.3, -0.25) is 0 Å². The van der Waals surface area contributed by atoms with Crippen LogP contribution in [0, 0.1) is 0 Å². The van der Waals surface area contributed by atoms with Crippen molar-refractivity contribution < 1.29 is 17.3 Å². The van der Waals surface area contributed by atoms with Gasteiger partial charge in [0, 0.05) is 18.9 Å². The number of imidazole rings is 1. The molecular weight excluding hydrogens is 247 g/mol. The van der Waals surface area contributed by atoms with E-state index in [0.29, 0.717) is 0 Å². The van der Waals surface area contributed by atoms with Crippen LogP contribution in [0.5, 0.6) is 0 Å². The Balaban J connectivity index is 0.000000494. The van der Waals surface area contributed by atoms with Crippen LogP contribution in [0.2, 0.25) is 0 Å². The molecule has 0 saturated carbocycles. The van der Waals surface area contributed by atoms with Gasteiger partial charge in [-0.05, 0) is 6.42 Å². The molecule has 106 valence electrons. The zero-order chi connectivity index (χ0) is 13.9. The minimum atomic E-state index is -6.00. The Morgan fingerprint density at radius 2 is 1.56 bits per heavy atom. The summed E-state index contributed by atoms with van der Waals surface area (Å²) in [6.45, 7) is 3.39. The Kier molecular flexibility index (Phi) is 9.41. The van der Waals surface area contributed by atoms with Gasteiger partial charge in [0.25, 0.3) is 0 Å². The topological polar surface area (TPSA) is 17.8 Å². The first-order chi connectivity index (χ1) is 8.43. The standard InChI is InChI=1S/C11H20N2.BF4/c1-2-3-4-5-6-7-9-13-10-8-12-11-13;2-1(3,4)5/h8,10-11H,2-7,9H2,1H3;/q;-1. The van der Waals surface area contributed by atoms with Crippen LogP contribution in [0.4, 0.5) is 17.3 Å². The number of unbranched alkanes of at least 4 members (excludes halogenated alkanes) is 5. The Morgan fingerprint density at radius 1 is 1.00 bits per heavy atom. The van der Waals surface area contributed by atoms with Crippen molar-refractivity contribution in [2.75, 3.05) is 0 Å². The fraction of sp³-hybridized carbons (Fsp3) is 0.727. The maximum atomic E-state index is 9.75. The van der Waals surface area contributed by atoms with Crippen molar-refractivity contribution in [2.45, 2.75) is 52.0 Å². The molecule has 0 unspecified atom stereocenters. The maximum absolute atomic E-state index is 9.75. The Labute approximate surface area is 106 Å². The molecule has 0 aliphatic heterocycles. The van der Waals surface area contributed by atoms with Crippen LogP contribution in [0.1, 0.15) is 45.4 Å². The van der Waals surface area contributed by atoms with Crippen molar-refractivity contribution in [2.24, 2.45) is 0 Å². The third-order valence-corrected chi connectivity index (χ3v) is 2.33. The lowest BCUT2D eigenvalue weighted by atomic mass is 10.1. The average Bonchev–Trinajstić information content (AvgIpc) is 2.73. The van der Waals surface area contributed by atoms with Crippen molar-refractivity contribution >= 4 is 7.25 Å². The summed E-state index contributed by atoms with van der Waals surface area (Å²) in [6.07, 6.45) is 13.9. The van der Waals surface area contributed by atoms with E-state index in [-0.39, 0.29) is 0 Å². The second-order valence-electron chi connectivity index (χ2n) is 4.06. The highest BCUT2D eigenvalue weighted by Gasteiger charge is 2.20. The molecule has 0 fully saturated rings. The number of hydrogen-bond donors (Lipinski definition) is 0. The Hall–Kier alpha value is -1.01. The van der Waals surface area contributed by atoms with E-state index < -0.39 is 7.25 Å². The summed E-state index contributed by atoms with van der Waals surface area (Å²) in [6, 6.07) is 0. The molecule has 1 rings (SSSR count). The van der Waals surface area contributed by atoms with Crippen molar-refractivity contribution in [1.29, 1.82) is 0 Å². The zero-order valence-electron chi connectivity index (χ0n) is 10.7. The van der Waals surface area contributed by atoms with Crippen LogP contribution < -0.4 is 0 Å². The van der Waals surface area contributed by atoms with Crippen LogP contribution in [-0.4, -0.2) is 16.8 Å². The fourth-order valence-electron chi connectivity index (χ4n) is 1.49. The summed E-state index contributed by atoms with van der Waals surface area (Å²) in [7, 11) is -6.00. The summed E-state index contributed by atoms with van der Waals surface area (Å²) in [5.41, 5.74) is 0. The smallest absolute Gasteiger partial charge is 0.418 e. The minimum absolute atomic E-state index is 1.13. The first-order valence-electron chi connectivity index (χ1n) is 6.26. The molecule has 0 atom stereocenters. The van der Waals surface area contributed by atoms with E-state index in [1.807, 2.05) is 18.7 Å². The molecule has 1 heterocycles. The predicted octanol–water partition coefficient (Wildman–Crippen LogP) is 4.54. The Bertz CT molecular complexity index is 269. The molecule has 0 bridgehead atoms. The normalized spacial score (nSPS) is 10.9. The average molecular weight is 267 g/mol. The molecule has 0 aliphatic rings. The van der Waals surface area contributed by atoms with Crippen LogP contribution >= 0.6 is 0 Å². The van der Waals surface area contributed by atoms with Gasteiger partial charge in [0.05, 0.1) is 6.33 Å². The van der Waals surface area contributed by atoms with Gasteiger partial charge in [-0.25, -0.2) is 4.98 Å². The number of halogens is 4. The largest absolute Gasteiger partial charge is 0.673 e. The molecule has 18 heavy (non-hydrogen) atoms. The fourth-order valence-corrected chi connectivity index (χ4v) is 1.49. The van der Waals surface area contributed by atoms with E-state index in [1.54, 1.807) is 0 Å². The predicted molar refractivity (Wildman–Crippen MR) is 65.8 cm³/mol. The second-order valence-corrected chi connectivity index (χ2v) is 4.06. The van der Waals surface area contributed by atoms with Gasteiger partial charge in [0.1, 0.15) is 0 Å². The van der Waals surface area contributed by atoms with Gasteiger partial charge in [-0.1, -0.05) is 39.0 Å². The molecule has 2 nitrogen and oxygen atoms in total. The van der Waals surface area contributed by atoms with Gasteiger partial charge in [-0.15, -0.1) is 0 Å². The van der Waals surface area contributed by atoms with Crippen molar-refractivity contribution in [1.82, 2.24) is 9.55 Å².